The molecule has 8 heteroatoms. The topological polar surface area (TPSA) is 117 Å². The number of methoxy groups -OCH3 is 1. The van der Waals surface area contributed by atoms with Gasteiger partial charge in [-0.1, -0.05) is 0 Å². The maximum absolute atomic E-state index is 10.8. The van der Waals surface area contributed by atoms with Crippen LogP contribution >= 0.6 is 0 Å². The average Bonchev–Trinajstić information content (AvgIpc) is 2.34. The molecule has 1 amide bonds. The third-order valence-electron chi connectivity index (χ3n) is 2.06. The summed E-state index contributed by atoms with van der Waals surface area (Å²) in [5.41, 5.74) is 4.97. The van der Waals surface area contributed by atoms with Crippen LogP contribution in [-0.4, -0.2) is 31.3 Å². The molecule has 0 aliphatic rings. The number of nitrogens with two attached hydrogens (primary N) is 1. The number of rotatable bonds is 6. The molecule has 1 aromatic rings. The summed E-state index contributed by atoms with van der Waals surface area (Å²) < 4.78 is 9.39. The van der Waals surface area contributed by atoms with Crippen molar-refractivity contribution in [1.82, 2.24) is 0 Å². The van der Waals surface area contributed by atoms with E-state index in [1.165, 1.54) is 19.2 Å². The Labute approximate surface area is 103 Å². The van der Waals surface area contributed by atoms with E-state index < -0.39 is 11.0 Å². The summed E-state index contributed by atoms with van der Waals surface area (Å²) in [4.78, 5) is 20.6. The Kier molecular flexibility index (Phi) is 4.73. The minimum Gasteiger partial charge on any atom is -0.496 e. The van der Waals surface area contributed by atoms with Crippen LogP contribution in [0.25, 0.3) is 0 Å². The number of nitrogens with zero attached hydrogens (tertiary/aromatic N) is 1. The molecule has 18 heavy (non-hydrogen) atoms. The fourth-order valence-electron chi connectivity index (χ4n) is 1.28. The first kappa shape index (κ1) is 13.6. The van der Waals surface area contributed by atoms with E-state index in [4.69, 9.17) is 10.5 Å². The molecular formula is C10H13N3O5. The fourth-order valence-corrected chi connectivity index (χ4v) is 1.28. The second kappa shape index (κ2) is 6.28. The minimum atomic E-state index is -0.888. The van der Waals surface area contributed by atoms with Crippen LogP contribution in [0.15, 0.2) is 18.2 Å². The van der Waals surface area contributed by atoms with Crippen molar-refractivity contribution in [3.8, 4) is 5.75 Å². The molecule has 0 aliphatic heterocycles. The summed E-state index contributed by atoms with van der Waals surface area (Å²) in [6.07, 6.45) is -0.888. The number of nitro groups is 1. The Morgan fingerprint density at radius 2 is 2.28 bits per heavy atom. The first-order chi connectivity index (χ1) is 8.54. The summed E-state index contributed by atoms with van der Waals surface area (Å²) in [6, 6.07) is 4.41. The molecule has 0 unspecified atom stereocenters. The molecule has 1 rings (SSSR count). The second-order valence-corrected chi connectivity index (χ2v) is 3.23. The van der Waals surface area contributed by atoms with Crippen LogP contribution in [0.4, 0.5) is 16.2 Å². The van der Waals surface area contributed by atoms with E-state index in [0.717, 1.165) is 0 Å². The van der Waals surface area contributed by atoms with Crippen LogP contribution in [0.1, 0.15) is 0 Å². The number of carbonyl (C=O) groups is 1. The molecule has 0 bridgehead atoms. The normalized spacial score (nSPS) is 9.61. The fraction of sp³-hybridized carbons (Fsp3) is 0.300. The van der Waals surface area contributed by atoms with Crippen molar-refractivity contribution in [1.29, 1.82) is 0 Å². The van der Waals surface area contributed by atoms with Gasteiger partial charge in [-0.25, -0.2) is 4.79 Å². The van der Waals surface area contributed by atoms with Crippen LogP contribution in [0.2, 0.25) is 0 Å². The second-order valence-electron chi connectivity index (χ2n) is 3.23. The highest BCUT2D eigenvalue weighted by Crippen LogP contribution is 2.28. The summed E-state index contributed by atoms with van der Waals surface area (Å²) >= 11 is 0. The lowest BCUT2D eigenvalue weighted by Gasteiger charge is -2.08. The van der Waals surface area contributed by atoms with Gasteiger partial charge in [-0.2, -0.15) is 0 Å². The molecule has 0 fully saturated rings. The number of nitro benzene ring substituents is 1. The van der Waals surface area contributed by atoms with E-state index in [9.17, 15) is 14.9 Å². The highest BCUT2D eigenvalue weighted by Gasteiger charge is 2.14. The molecular weight excluding hydrogens is 242 g/mol. The third-order valence-corrected chi connectivity index (χ3v) is 2.06. The number of carbonyl (C=O) groups excluding carboxylic acids is 1. The first-order valence-corrected chi connectivity index (χ1v) is 5.03. The number of amides is 1. The van der Waals surface area contributed by atoms with Gasteiger partial charge in [-0.3, -0.25) is 10.1 Å². The smallest absolute Gasteiger partial charge is 0.404 e. The predicted molar refractivity (Wildman–Crippen MR) is 63.7 cm³/mol. The van der Waals surface area contributed by atoms with Crippen molar-refractivity contribution in [3.05, 3.63) is 28.3 Å². The van der Waals surface area contributed by atoms with Crippen LogP contribution in [0.3, 0.4) is 0 Å². The maximum atomic E-state index is 10.8. The monoisotopic (exact) mass is 255 g/mol. The zero-order valence-corrected chi connectivity index (χ0v) is 9.71. The summed E-state index contributed by atoms with van der Waals surface area (Å²) in [6.45, 7) is 0.245. The number of anilines is 1. The van der Waals surface area contributed by atoms with Gasteiger partial charge in [0.25, 0.3) is 5.69 Å². The Morgan fingerprint density at radius 1 is 1.56 bits per heavy atom. The van der Waals surface area contributed by atoms with Gasteiger partial charge in [-0.15, -0.1) is 0 Å². The lowest BCUT2D eigenvalue weighted by molar-refractivity contribution is -0.384. The maximum Gasteiger partial charge on any atom is 0.404 e. The molecule has 0 radical (unpaired) electrons. The number of hydrogen-bond acceptors (Lipinski definition) is 6. The first-order valence-electron chi connectivity index (χ1n) is 5.03. The molecule has 1 aromatic carbocycles. The molecule has 0 aliphatic carbocycles. The van der Waals surface area contributed by atoms with E-state index in [1.54, 1.807) is 6.07 Å². The van der Waals surface area contributed by atoms with E-state index in [2.05, 4.69) is 10.1 Å². The standard InChI is InChI=1S/C10H13N3O5/c1-17-7-2-3-8(9(6-7)13(15)16)12-4-5-18-10(11)14/h2-3,6,12H,4-5H2,1H3,(H2,11,14). The number of hydrogen-bond donors (Lipinski definition) is 2. The third kappa shape index (κ3) is 3.81. The van der Waals surface area contributed by atoms with Crippen molar-refractivity contribution < 1.29 is 19.2 Å². The summed E-state index contributed by atoms with van der Waals surface area (Å²) in [5, 5.41) is 13.6. The van der Waals surface area contributed by atoms with E-state index in [1.807, 2.05) is 0 Å². The quantitative estimate of drug-likeness (QED) is 0.446. The molecule has 98 valence electrons. The van der Waals surface area contributed by atoms with Crippen molar-refractivity contribution in [3.63, 3.8) is 0 Å². The summed E-state index contributed by atoms with van der Waals surface area (Å²) in [7, 11) is 1.42. The largest absolute Gasteiger partial charge is 0.496 e. The minimum absolute atomic E-state index is 0.0263. The summed E-state index contributed by atoms with van der Waals surface area (Å²) in [5.74, 6) is 0.389. The van der Waals surface area contributed by atoms with Gasteiger partial charge in [0.1, 0.15) is 18.0 Å². The van der Waals surface area contributed by atoms with Crippen LogP contribution in [0, 0.1) is 10.1 Å². The van der Waals surface area contributed by atoms with Crippen LogP contribution in [0.5, 0.6) is 5.75 Å². The highest BCUT2D eigenvalue weighted by atomic mass is 16.6. The zero-order chi connectivity index (χ0) is 13.5. The number of nitrogens with one attached hydrogen (secondary N) is 1. The average molecular weight is 255 g/mol. The van der Waals surface area contributed by atoms with E-state index in [0.29, 0.717) is 11.4 Å². The van der Waals surface area contributed by atoms with Crippen molar-refractivity contribution in [2.75, 3.05) is 25.6 Å². The highest BCUT2D eigenvalue weighted by molar-refractivity contribution is 5.65. The Hall–Kier alpha value is -2.51. The Bertz CT molecular complexity index is 449. The Balaban J connectivity index is 2.69. The lowest BCUT2D eigenvalue weighted by Crippen LogP contribution is -2.18. The molecule has 0 heterocycles. The van der Waals surface area contributed by atoms with Gasteiger partial charge in [0, 0.05) is 6.54 Å². The van der Waals surface area contributed by atoms with Crippen LogP contribution < -0.4 is 15.8 Å². The van der Waals surface area contributed by atoms with Gasteiger partial charge in [0.15, 0.2) is 0 Å². The molecule has 0 atom stereocenters. The number of primary amides is 1. The van der Waals surface area contributed by atoms with Gasteiger partial charge in [0.05, 0.1) is 18.1 Å². The molecule has 0 spiro atoms. The van der Waals surface area contributed by atoms with Crippen molar-refractivity contribution >= 4 is 17.5 Å². The van der Waals surface area contributed by atoms with Crippen LogP contribution in [-0.2, 0) is 4.74 Å². The van der Waals surface area contributed by atoms with Gasteiger partial charge in [0.2, 0.25) is 0 Å². The van der Waals surface area contributed by atoms with E-state index >= 15 is 0 Å². The number of benzene rings is 1. The van der Waals surface area contributed by atoms with Gasteiger partial charge >= 0.3 is 6.09 Å². The van der Waals surface area contributed by atoms with Gasteiger partial charge in [-0.05, 0) is 12.1 Å². The number of ether oxygens (including phenoxy) is 2. The predicted octanol–water partition coefficient (Wildman–Crippen LogP) is 1.11. The molecule has 0 saturated carbocycles. The Morgan fingerprint density at radius 3 is 2.83 bits per heavy atom. The van der Waals surface area contributed by atoms with Crippen molar-refractivity contribution in [2.45, 2.75) is 0 Å². The van der Waals surface area contributed by atoms with E-state index in [-0.39, 0.29) is 18.8 Å². The SMILES string of the molecule is COc1ccc(NCCOC(N)=O)c([N+](=O)[O-])c1. The van der Waals surface area contributed by atoms with Crippen molar-refractivity contribution in [2.24, 2.45) is 5.73 Å². The van der Waals surface area contributed by atoms with Gasteiger partial charge < -0.3 is 20.5 Å². The lowest BCUT2D eigenvalue weighted by atomic mass is 10.2. The molecule has 0 aromatic heterocycles. The molecule has 0 saturated heterocycles. The zero-order valence-electron chi connectivity index (χ0n) is 9.71. The molecule has 3 N–H and O–H groups in total. The molecule has 8 nitrogen and oxygen atoms in total.